The lowest BCUT2D eigenvalue weighted by Gasteiger charge is -2.10. The Hall–Kier alpha value is -1.65. The second kappa shape index (κ2) is 8.45. The van der Waals surface area contributed by atoms with Gasteiger partial charge in [-0.15, -0.1) is 10.2 Å². The van der Waals surface area contributed by atoms with Gasteiger partial charge >= 0.3 is 0 Å². The van der Waals surface area contributed by atoms with Gasteiger partial charge in [-0.2, -0.15) is 0 Å². The van der Waals surface area contributed by atoms with Crippen molar-refractivity contribution in [3.8, 4) is 0 Å². The van der Waals surface area contributed by atoms with E-state index in [0.717, 1.165) is 0 Å². The minimum atomic E-state index is -0.434. The third kappa shape index (κ3) is 5.46. The molecule has 0 aliphatic carbocycles. The molecular weight excluding hydrogens is 371 g/mol. The zero-order chi connectivity index (χ0) is 17.7. The first-order chi connectivity index (χ1) is 11.3. The van der Waals surface area contributed by atoms with Crippen LogP contribution in [0, 0.1) is 12.7 Å². The molecule has 2 amide bonds. The number of nitrogens with two attached hydrogens (primary N) is 1. The van der Waals surface area contributed by atoms with Gasteiger partial charge in [-0.25, -0.2) is 4.39 Å². The summed E-state index contributed by atoms with van der Waals surface area (Å²) in [5.74, 6) is -0.922. The number of nitrogens with zero attached hydrogens (tertiary/aromatic N) is 2. The number of hydrogen-bond donors (Lipinski definition) is 2. The van der Waals surface area contributed by atoms with E-state index < -0.39 is 11.2 Å². The second-order valence-corrected chi connectivity index (χ2v) is 8.59. The van der Waals surface area contributed by atoms with Crippen LogP contribution in [0.25, 0.3) is 0 Å². The summed E-state index contributed by atoms with van der Waals surface area (Å²) in [6.45, 7) is 3.38. The maximum Gasteiger partial charge on any atom is 0.237 e. The van der Waals surface area contributed by atoms with Crippen molar-refractivity contribution in [1.82, 2.24) is 10.2 Å². The van der Waals surface area contributed by atoms with E-state index in [1.807, 2.05) is 0 Å². The molecule has 1 aromatic carbocycles. The van der Waals surface area contributed by atoms with Gasteiger partial charge in [0.05, 0.1) is 11.0 Å². The molecule has 1 heterocycles. The molecule has 24 heavy (non-hydrogen) atoms. The average molecular weight is 386 g/mol. The molecule has 0 radical (unpaired) electrons. The van der Waals surface area contributed by atoms with Gasteiger partial charge in [0, 0.05) is 5.69 Å². The highest BCUT2D eigenvalue weighted by atomic mass is 32.2. The predicted octanol–water partition coefficient (Wildman–Crippen LogP) is 2.68. The smallest absolute Gasteiger partial charge is 0.237 e. The molecular formula is C14H15FN4O2S3. The molecule has 0 aliphatic heterocycles. The zero-order valence-electron chi connectivity index (χ0n) is 12.9. The van der Waals surface area contributed by atoms with Crippen molar-refractivity contribution in [2.75, 3.05) is 11.1 Å². The number of aromatic nitrogens is 2. The number of thioether (sulfide) groups is 2. The van der Waals surface area contributed by atoms with Crippen LogP contribution in [-0.4, -0.2) is 33.0 Å². The van der Waals surface area contributed by atoms with E-state index in [1.165, 1.54) is 40.9 Å². The van der Waals surface area contributed by atoms with Crippen LogP contribution >= 0.6 is 34.9 Å². The van der Waals surface area contributed by atoms with Crippen LogP contribution in [0.1, 0.15) is 12.5 Å². The molecule has 6 nitrogen and oxygen atoms in total. The number of anilines is 1. The lowest BCUT2D eigenvalue weighted by Crippen LogP contribution is -2.22. The van der Waals surface area contributed by atoms with Gasteiger partial charge in [0.1, 0.15) is 5.82 Å². The van der Waals surface area contributed by atoms with Gasteiger partial charge < -0.3 is 11.1 Å². The first-order valence-corrected chi connectivity index (χ1v) is 9.51. The Morgan fingerprint density at radius 3 is 2.75 bits per heavy atom. The number of aryl methyl sites for hydroxylation is 1. The quantitative estimate of drug-likeness (QED) is 0.710. The van der Waals surface area contributed by atoms with E-state index in [1.54, 1.807) is 26.0 Å². The van der Waals surface area contributed by atoms with Crippen LogP contribution < -0.4 is 11.1 Å². The molecule has 2 rings (SSSR count). The lowest BCUT2D eigenvalue weighted by atomic mass is 10.2. The molecule has 3 N–H and O–H groups in total. The topological polar surface area (TPSA) is 98.0 Å². The van der Waals surface area contributed by atoms with Gasteiger partial charge in [-0.3, -0.25) is 9.59 Å². The number of hydrogen-bond acceptors (Lipinski definition) is 7. The highest BCUT2D eigenvalue weighted by Gasteiger charge is 2.18. The predicted molar refractivity (Wildman–Crippen MR) is 94.9 cm³/mol. The van der Waals surface area contributed by atoms with Crippen LogP contribution in [0.4, 0.5) is 10.1 Å². The molecule has 0 fully saturated rings. The van der Waals surface area contributed by atoms with E-state index in [9.17, 15) is 14.0 Å². The highest BCUT2D eigenvalue weighted by Crippen LogP contribution is 2.31. The molecule has 0 saturated carbocycles. The van der Waals surface area contributed by atoms with Crippen molar-refractivity contribution >= 4 is 52.4 Å². The van der Waals surface area contributed by atoms with E-state index in [4.69, 9.17) is 5.73 Å². The number of carbonyl (C=O) groups is 2. The molecule has 1 unspecified atom stereocenters. The Labute approximate surface area is 150 Å². The third-order valence-corrected chi connectivity index (χ3v) is 6.08. The SMILES string of the molecule is Cc1ccc(NC(=O)C(C)Sc2nnc(SCC(N)=O)s2)cc1F. The van der Waals surface area contributed by atoms with E-state index in [0.29, 0.717) is 19.9 Å². The minimum Gasteiger partial charge on any atom is -0.369 e. The summed E-state index contributed by atoms with van der Waals surface area (Å²) in [6, 6.07) is 4.54. The monoisotopic (exact) mass is 386 g/mol. The van der Waals surface area contributed by atoms with Crippen LogP contribution in [0.3, 0.4) is 0 Å². The van der Waals surface area contributed by atoms with Crippen LogP contribution in [0.15, 0.2) is 26.9 Å². The third-order valence-electron chi connectivity index (χ3n) is 2.81. The molecule has 10 heteroatoms. The number of benzene rings is 1. The average Bonchev–Trinajstić information content (AvgIpc) is 2.96. The summed E-state index contributed by atoms with van der Waals surface area (Å²) in [5.41, 5.74) is 6.00. The normalized spacial score (nSPS) is 12.0. The molecule has 128 valence electrons. The fourth-order valence-electron chi connectivity index (χ4n) is 1.56. The van der Waals surface area contributed by atoms with Crippen molar-refractivity contribution in [2.45, 2.75) is 27.8 Å². The number of amides is 2. The summed E-state index contributed by atoms with van der Waals surface area (Å²) >= 11 is 3.74. The van der Waals surface area contributed by atoms with Crippen molar-refractivity contribution < 1.29 is 14.0 Å². The van der Waals surface area contributed by atoms with E-state index in [2.05, 4.69) is 15.5 Å². The van der Waals surface area contributed by atoms with Gasteiger partial charge in [0.2, 0.25) is 11.8 Å². The molecule has 0 spiro atoms. The first kappa shape index (κ1) is 18.7. The molecule has 0 bridgehead atoms. The maximum atomic E-state index is 13.5. The fraction of sp³-hybridized carbons (Fsp3) is 0.286. The number of nitrogens with one attached hydrogen (secondary N) is 1. The number of halogens is 1. The standard InChI is InChI=1S/C14H15FN4O2S3/c1-7-3-4-9(5-10(7)15)17-12(21)8(2)23-14-19-18-13(24-14)22-6-11(16)20/h3-5,8H,6H2,1-2H3,(H2,16,20)(H,17,21). The Bertz CT molecular complexity index is 753. The van der Waals surface area contributed by atoms with Crippen molar-refractivity contribution in [3.05, 3.63) is 29.6 Å². The number of carbonyl (C=O) groups excluding carboxylic acids is 2. The van der Waals surface area contributed by atoms with Gasteiger partial charge in [-0.05, 0) is 31.5 Å². The number of primary amides is 1. The molecule has 2 aromatic rings. The van der Waals surface area contributed by atoms with Gasteiger partial charge in [0.15, 0.2) is 8.68 Å². The van der Waals surface area contributed by atoms with E-state index >= 15 is 0 Å². The maximum absolute atomic E-state index is 13.5. The van der Waals surface area contributed by atoms with Crippen molar-refractivity contribution in [3.63, 3.8) is 0 Å². The summed E-state index contributed by atoms with van der Waals surface area (Å²) < 4.78 is 14.7. The Morgan fingerprint density at radius 2 is 2.08 bits per heavy atom. The Kier molecular flexibility index (Phi) is 6.58. The summed E-state index contributed by atoms with van der Waals surface area (Å²) in [4.78, 5) is 22.9. The minimum absolute atomic E-state index is 0.133. The molecule has 0 aliphatic rings. The lowest BCUT2D eigenvalue weighted by molar-refractivity contribution is -0.116. The largest absolute Gasteiger partial charge is 0.369 e. The van der Waals surface area contributed by atoms with Gasteiger partial charge in [0.25, 0.3) is 0 Å². The summed E-state index contributed by atoms with van der Waals surface area (Å²) in [5, 5.41) is 10.1. The molecule has 0 saturated heterocycles. The van der Waals surface area contributed by atoms with Crippen LogP contribution in [0.5, 0.6) is 0 Å². The van der Waals surface area contributed by atoms with Crippen LogP contribution in [-0.2, 0) is 9.59 Å². The molecule has 1 atom stereocenters. The summed E-state index contributed by atoms with van der Waals surface area (Å²) in [7, 11) is 0. The van der Waals surface area contributed by atoms with Crippen LogP contribution in [0.2, 0.25) is 0 Å². The number of rotatable bonds is 7. The molecule has 1 aromatic heterocycles. The zero-order valence-corrected chi connectivity index (χ0v) is 15.4. The fourth-order valence-corrected chi connectivity index (χ4v) is 4.46. The van der Waals surface area contributed by atoms with E-state index in [-0.39, 0.29) is 17.5 Å². The van der Waals surface area contributed by atoms with Crippen molar-refractivity contribution in [1.29, 1.82) is 0 Å². The first-order valence-electron chi connectivity index (χ1n) is 6.83. The van der Waals surface area contributed by atoms with Crippen molar-refractivity contribution in [2.24, 2.45) is 5.73 Å². The second-order valence-electron chi connectivity index (χ2n) is 4.80. The highest BCUT2D eigenvalue weighted by molar-refractivity contribution is 8.04. The Balaban J connectivity index is 1.91. The Morgan fingerprint density at radius 1 is 1.38 bits per heavy atom. The van der Waals surface area contributed by atoms with Gasteiger partial charge in [-0.1, -0.05) is 40.9 Å². The summed E-state index contributed by atoms with van der Waals surface area (Å²) in [6.07, 6.45) is 0.